The molecule has 0 aromatic heterocycles. The van der Waals surface area contributed by atoms with E-state index in [9.17, 15) is 9.59 Å². The van der Waals surface area contributed by atoms with Gasteiger partial charge in [0.1, 0.15) is 6.61 Å². The Hall–Kier alpha value is -3.57. The maximum Gasteiger partial charge on any atom is 0.407 e. The Labute approximate surface area is 191 Å². The molecule has 1 aliphatic carbocycles. The van der Waals surface area contributed by atoms with Crippen LogP contribution in [0.1, 0.15) is 39.4 Å². The van der Waals surface area contributed by atoms with E-state index >= 15 is 0 Å². The summed E-state index contributed by atoms with van der Waals surface area (Å²) in [5.74, 6) is -1.00. The Balaban J connectivity index is 1.28. The number of hydrogen-bond acceptors (Lipinski definition) is 3. The summed E-state index contributed by atoms with van der Waals surface area (Å²) >= 11 is 5.96. The van der Waals surface area contributed by atoms with Gasteiger partial charge >= 0.3 is 12.1 Å². The molecule has 6 heteroatoms. The van der Waals surface area contributed by atoms with E-state index in [0.29, 0.717) is 23.6 Å². The van der Waals surface area contributed by atoms with E-state index in [2.05, 4.69) is 29.6 Å². The number of carboxylic acids is 1. The first-order valence-electron chi connectivity index (χ1n) is 10.3. The van der Waals surface area contributed by atoms with Crippen molar-refractivity contribution in [3.05, 3.63) is 100 Å². The van der Waals surface area contributed by atoms with E-state index in [0.717, 1.165) is 0 Å². The summed E-state index contributed by atoms with van der Waals surface area (Å²) in [5, 5.41) is 12.2. The van der Waals surface area contributed by atoms with Crippen LogP contribution in [-0.2, 0) is 4.74 Å². The number of rotatable bonds is 7. The van der Waals surface area contributed by atoms with Crippen LogP contribution >= 0.6 is 11.6 Å². The number of fused-ring (bicyclic) bond motifs is 3. The molecule has 4 rings (SSSR count). The van der Waals surface area contributed by atoms with Gasteiger partial charge in [-0.1, -0.05) is 72.3 Å². The zero-order valence-electron chi connectivity index (χ0n) is 17.3. The van der Waals surface area contributed by atoms with Crippen LogP contribution in [0, 0.1) is 0 Å². The standard InChI is InChI=1S/C26H22ClNO4/c27-19-14-17(13-18(15-19)25(29)30)7-5-6-12-28-26(31)32-16-24-22-10-3-1-8-20(22)21-9-2-4-11-23(21)24/h1-5,7-11,13-15,24H,6,12,16H2,(H,28,31)(H,29,30). The van der Waals surface area contributed by atoms with E-state index in [1.54, 1.807) is 18.2 Å². The third kappa shape index (κ3) is 4.84. The fourth-order valence-electron chi connectivity index (χ4n) is 3.96. The molecule has 162 valence electrons. The van der Waals surface area contributed by atoms with Crippen molar-refractivity contribution in [1.82, 2.24) is 5.32 Å². The van der Waals surface area contributed by atoms with Crippen molar-refractivity contribution in [2.75, 3.05) is 13.2 Å². The highest BCUT2D eigenvalue weighted by Crippen LogP contribution is 2.44. The van der Waals surface area contributed by atoms with Gasteiger partial charge in [0, 0.05) is 17.5 Å². The van der Waals surface area contributed by atoms with Gasteiger partial charge in [0.05, 0.1) is 5.56 Å². The van der Waals surface area contributed by atoms with Gasteiger partial charge in [-0.3, -0.25) is 0 Å². The number of nitrogens with one attached hydrogen (secondary N) is 1. The van der Waals surface area contributed by atoms with Crippen molar-refractivity contribution in [3.8, 4) is 11.1 Å². The Morgan fingerprint density at radius 1 is 1.00 bits per heavy atom. The van der Waals surface area contributed by atoms with Gasteiger partial charge in [-0.15, -0.1) is 0 Å². The van der Waals surface area contributed by atoms with Crippen LogP contribution in [0.5, 0.6) is 0 Å². The number of benzene rings is 3. The highest BCUT2D eigenvalue weighted by molar-refractivity contribution is 6.31. The van der Waals surface area contributed by atoms with E-state index in [-0.39, 0.29) is 18.1 Å². The van der Waals surface area contributed by atoms with Gasteiger partial charge in [0.2, 0.25) is 0 Å². The summed E-state index contributed by atoms with van der Waals surface area (Å²) in [6.07, 6.45) is 3.73. The largest absolute Gasteiger partial charge is 0.478 e. The van der Waals surface area contributed by atoms with Crippen molar-refractivity contribution >= 4 is 29.7 Å². The second-order valence-electron chi connectivity index (χ2n) is 7.52. The minimum Gasteiger partial charge on any atom is -0.478 e. The van der Waals surface area contributed by atoms with E-state index in [1.807, 2.05) is 30.3 Å². The molecule has 32 heavy (non-hydrogen) atoms. The summed E-state index contributed by atoms with van der Waals surface area (Å²) in [5.41, 5.74) is 5.55. The maximum absolute atomic E-state index is 12.2. The summed E-state index contributed by atoms with van der Waals surface area (Å²) < 4.78 is 5.51. The van der Waals surface area contributed by atoms with Crippen LogP contribution in [0.2, 0.25) is 5.02 Å². The number of halogens is 1. The molecular weight excluding hydrogens is 426 g/mol. The van der Waals surface area contributed by atoms with Crippen molar-refractivity contribution in [3.63, 3.8) is 0 Å². The molecule has 0 atom stereocenters. The monoisotopic (exact) mass is 447 g/mol. The van der Waals surface area contributed by atoms with Gasteiger partial charge in [-0.25, -0.2) is 9.59 Å². The fourth-order valence-corrected chi connectivity index (χ4v) is 4.20. The van der Waals surface area contributed by atoms with Crippen LogP contribution in [0.3, 0.4) is 0 Å². The predicted molar refractivity (Wildman–Crippen MR) is 125 cm³/mol. The molecule has 3 aromatic rings. The highest BCUT2D eigenvalue weighted by Gasteiger charge is 2.28. The Kier molecular flexibility index (Phi) is 6.57. The molecule has 1 aliphatic rings. The minimum atomic E-state index is -1.03. The lowest BCUT2D eigenvalue weighted by Gasteiger charge is -2.14. The molecule has 0 unspecified atom stereocenters. The van der Waals surface area contributed by atoms with Crippen molar-refractivity contribution in [2.24, 2.45) is 0 Å². The molecule has 3 aromatic carbocycles. The third-order valence-electron chi connectivity index (χ3n) is 5.40. The summed E-state index contributed by atoms with van der Waals surface area (Å²) in [6, 6.07) is 21.0. The molecule has 0 spiro atoms. The number of carbonyl (C=O) groups is 2. The maximum atomic E-state index is 12.2. The molecule has 0 bridgehead atoms. The van der Waals surface area contributed by atoms with Gasteiger partial charge in [-0.2, -0.15) is 0 Å². The number of carbonyl (C=O) groups excluding carboxylic acids is 1. The zero-order valence-corrected chi connectivity index (χ0v) is 18.0. The Bertz CT molecular complexity index is 1140. The van der Waals surface area contributed by atoms with Gasteiger partial charge < -0.3 is 15.2 Å². The summed E-state index contributed by atoms with van der Waals surface area (Å²) in [7, 11) is 0. The highest BCUT2D eigenvalue weighted by atomic mass is 35.5. The molecule has 0 saturated heterocycles. The molecule has 5 nitrogen and oxygen atoms in total. The summed E-state index contributed by atoms with van der Waals surface area (Å²) in [4.78, 5) is 23.3. The third-order valence-corrected chi connectivity index (χ3v) is 5.62. The zero-order chi connectivity index (χ0) is 22.5. The smallest absolute Gasteiger partial charge is 0.407 e. The number of aromatic carboxylic acids is 1. The van der Waals surface area contributed by atoms with Gasteiger partial charge in [0.15, 0.2) is 0 Å². The summed E-state index contributed by atoms with van der Waals surface area (Å²) in [6.45, 7) is 0.676. The topological polar surface area (TPSA) is 75.6 Å². The minimum absolute atomic E-state index is 0.0271. The lowest BCUT2D eigenvalue weighted by Crippen LogP contribution is -2.26. The van der Waals surface area contributed by atoms with E-state index < -0.39 is 12.1 Å². The van der Waals surface area contributed by atoms with Gasteiger partial charge in [-0.05, 0) is 52.4 Å². The van der Waals surface area contributed by atoms with Crippen LogP contribution < -0.4 is 5.32 Å². The Morgan fingerprint density at radius 3 is 2.31 bits per heavy atom. The molecule has 0 radical (unpaired) electrons. The van der Waals surface area contributed by atoms with Crippen LogP contribution in [-0.4, -0.2) is 30.3 Å². The first-order chi connectivity index (χ1) is 15.5. The first-order valence-corrected chi connectivity index (χ1v) is 10.7. The molecule has 0 heterocycles. The van der Waals surface area contributed by atoms with Crippen LogP contribution in [0.4, 0.5) is 4.79 Å². The number of hydrogen-bond donors (Lipinski definition) is 2. The van der Waals surface area contributed by atoms with Crippen molar-refractivity contribution in [2.45, 2.75) is 12.3 Å². The molecule has 0 saturated carbocycles. The average molecular weight is 448 g/mol. The quantitative estimate of drug-likeness (QED) is 0.437. The van der Waals surface area contributed by atoms with Crippen LogP contribution in [0.25, 0.3) is 17.2 Å². The number of amides is 1. The van der Waals surface area contributed by atoms with Crippen LogP contribution in [0.15, 0.2) is 72.8 Å². The number of carboxylic acid groups (broad SMARTS) is 1. The number of alkyl carbamates (subject to hydrolysis) is 1. The average Bonchev–Trinajstić information content (AvgIpc) is 3.11. The second-order valence-corrected chi connectivity index (χ2v) is 7.96. The van der Waals surface area contributed by atoms with Crippen molar-refractivity contribution in [1.29, 1.82) is 0 Å². The Morgan fingerprint density at radius 2 is 1.66 bits per heavy atom. The predicted octanol–water partition coefficient (Wildman–Crippen LogP) is 5.98. The van der Waals surface area contributed by atoms with Gasteiger partial charge in [0.25, 0.3) is 0 Å². The molecule has 1 amide bonds. The number of ether oxygens (including phenoxy) is 1. The first kappa shape index (κ1) is 21.7. The van der Waals surface area contributed by atoms with E-state index in [1.165, 1.54) is 28.3 Å². The molecule has 0 fully saturated rings. The normalized spacial score (nSPS) is 12.4. The van der Waals surface area contributed by atoms with E-state index in [4.69, 9.17) is 21.4 Å². The molecular formula is C26H22ClNO4. The molecule has 2 N–H and O–H groups in total. The SMILES string of the molecule is O=C(NCCC=Cc1cc(Cl)cc(C(=O)O)c1)OCC1c2ccccc2-c2ccccc21. The second kappa shape index (κ2) is 9.71. The fraction of sp³-hybridized carbons (Fsp3) is 0.154. The lowest BCUT2D eigenvalue weighted by molar-refractivity contribution is 0.0696. The molecule has 0 aliphatic heterocycles. The van der Waals surface area contributed by atoms with Crippen molar-refractivity contribution < 1.29 is 19.4 Å². The lowest BCUT2D eigenvalue weighted by atomic mass is 9.98.